The highest BCUT2D eigenvalue weighted by Gasteiger charge is 2.37. The lowest BCUT2D eigenvalue weighted by Crippen LogP contribution is -2.18. The zero-order valence-corrected chi connectivity index (χ0v) is 15.0. The fourth-order valence-electron chi connectivity index (χ4n) is 2.68. The average Bonchev–Trinajstić information content (AvgIpc) is 3.02. The molecule has 0 bridgehead atoms. The molecule has 0 aliphatic carbocycles. The number of rotatable bonds is 7. The molecular formula is C19H19O5P. The maximum atomic E-state index is 13.4. The molecular weight excluding hydrogens is 339 g/mol. The molecule has 130 valence electrons. The first-order valence-corrected chi connectivity index (χ1v) is 9.66. The first-order chi connectivity index (χ1) is 12.1. The first kappa shape index (κ1) is 17.6. The fraction of sp³-hybridized carbons (Fsp3) is 0.211. The van der Waals surface area contributed by atoms with Gasteiger partial charge in [-0.25, -0.2) is 0 Å². The van der Waals surface area contributed by atoms with E-state index in [0.717, 1.165) is 0 Å². The van der Waals surface area contributed by atoms with E-state index in [4.69, 9.17) is 13.5 Å². The Morgan fingerprint density at radius 3 is 2.20 bits per heavy atom. The minimum Gasteiger partial charge on any atom is -0.452 e. The van der Waals surface area contributed by atoms with E-state index in [2.05, 4.69) is 0 Å². The second kappa shape index (κ2) is 7.36. The molecule has 25 heavy (non-hydrogen) atoms. The number of benzene rings is 2. The highest BCUT2D eigenvalue weighted by Crippen LogP contribution is 2.50. The van der Waals surface area contributed by atoms with Crippen LogP contribution in [-0.4, -0.2) is 19.0 Å². The molecule has 6 heteroatoms. The summed E-state index contributed by atoms with van der Waals surface area (Å²) in [7, 11) is -3.70. The summed E-state index contributed by atoms with van der Waals surface area (Å²) in [4.78, 5) is 13.0. The Kier molecular flexibility index (Phi) is 5.19. The van der Waals surface area contributed by atoms with Gasteiger partial charge in [0.05, 0.1) is 13.2 Å². The van der Waals surface area contributed by atoms with Crippen LogP contribution >= 0.6 is 7.60 Å². The lowest BCUT2D eigenvalue weighted by atomic mass is 10.1. The minimum absolute atomic E-state index is 0.00219. The molecule has 0 aliphatic rings. The van der Waals surface area contributed by atoms with Crippen LogP contribution < -0.4 is 5.30 Å². The smallest absolute Gasteiger partial charge is 0.365 e. The Hall–Kier alpha value is -2.20. The van der Waals surface area contributed by atoms with E-state index in [-0.39, 0.29) is 30.1 Å². The van der Waals surface area contributed by atoms with Crippen molar-refractivity contribution in [3.05, 3.63) is 65.9 Å². The Bertz CT molecular complexity index is 919. The maximum absolute atomic E-state index is 13.4. The van der Waals surface area contributed by atoms with Gasteiger partial charge in [-0.2, -0.15) is 0 Å². The van der Waals surface area contributed by atoms with Gasteiger partial charge in [-0.05, 0) is 19.9 Å². The molecule has 0 spiro atoms. The lowest BCUT2D eigenvalue weighted by Gasteiger charge is -2.17. The molecule has 0 saturated carbocycles. The number of hydrogen-bond donors (Lipinski definition) is 0. The summed E-state index contributed by atoms with van der Waals surface area (Å²) >= 11 is 0. The van der Waals surface area contributed by atoms with Gasteiger partial charge in [-0.15, -0.1) is 0 Å². The summed E-state index contributed by atoms with van der Waals surface area (Å²) in [6.45, 7) is 3.84. The van der Waals surface area contributed by atoms with Crippen molar-refractivity contribution in [3.8, 4) is 0 Å². The van der Waals surface area contributed by atoms with Crippen LogP contribution in [0.4, 0.5) is 0 Å². The normalized spacial score (nSPS) is 11.8. The van der Waals surface area contributed by atoms with Crippen LogP contribution in [0.15, 0.2) is 59.0 Å². The highest BCUT2D eigenvalue weighted by atomic mass is 31.2. The van der Waals surface area contributed by atoms with Crippen LogP contribution in [0.2, 0.25) is 0 Å². The first-order valence-electron chi connectivity index (χ1n) is 8.11. The molecule has 5 nitrogen and oxygen atoms in total. The van der Waals surface area contributed by atoms with Crippen LogP contribution in [0.5, 0.6) is 0 Å². The number of carbonyl (C=O) groups is 1. The van der Waals surface area contributed by atoms with Crippen molar-refractivity contribution in [2.45, 2.75) is 13.8 Å². The number of para-hydroxylation sites is 1. The zero-order valence-electron chi connectivity index (χ0n) is 14.1. The summed E-state index contributed by atoms with van der Waals surface area (Å²) in [5.41, 5.74) is 0.916. The predicted molar refractivity (Wildman–Crippen MR) is 96.6 cm³/mol. The van der Waals surface area contributed by atoms with E-state index in [0.29, 0.717) is 16.5 Å². The van der Waals surface area contributed by atoms with Gasteiger partial charge >= 0.3 is 7.60 Å². The molecule has 1 aromatic heterocycles. The van der Waals surface area contributed by atoms with Crippen LogP contribution in [-0.2, 0) is 13.6 Å². The summed E-state index contributed by atoms with van der Waals surface area (Å²) < 4.78 is 30.1. The largest absolute Gasteiger partial charge is 0.452 e. The quantitative estimate of drug-likeness (QED) is 0.458. The fourth-order valence-corrected chi connectivity index (χ4v) is 4.57. The Morgan fingerprint density at radius 1 is 0.960 bits per heavy atom. The highest BCUT2D eigenvalue weighted by molar-refractivity contribution is 7.63. The van der Waals surface area contributed by atoms with Crippen molar-refractivity contribution in [1.29, 1.82) is 0 Å². The van der Waals surface area contributed by atoms with Gasteiger partial charge in [0.1, 0.15) is 10.9 Å². The lowest BCUT2D eigenvalue weighted by molar-refractivity contribution is 0.101. The molecule has 0 N–H and O–H groups in total. The second-order valence-electron chi connectivity index (χ2n) is 5.30. The standard InChI is InChI=1S/C19H19O5P/c1-3-22-25(21,23-4-2)19-15-12-8-9-13-16(15)24-18(19)17(20)14-10-6-5-7-11-14/h5-13H,3-4H2,1-2H3. The minimum atomic E-state index is -3.70. The topological polar surface area (TPSA) is 65.7 Å². The molecule has 1 heterocycles. The average molecular weight is 358 g/mol. The monoisotopic (exact) mass is 358 g/mol. The third-order valence-corrected chi connectivity index (χ3v) is 5.87. The van der Waals surface area contributed by atoms with Gasteiger partial charge in [0.25, 0.3) is 0 Å². The summed E-state index contributed by atoms with van der Waals surface area (Å²) in [5, 5.41) is 0.757. The maximum Gasteiger partial charge on any atom is 0.365 e. The molecule has 0 fully saturated rings. The number of ketones is 1. The van der Waals surface area contributed by atoms with Crippen molar-refractivity contribution in [2.24, 2.45) is 0 Å². The van der Waals surface area contributed by atoms with Gasteiger partial charge in [-0.1, -0.05) is 48.5 Å². The van der Waals surface area contributed by atoms with Crippen molar-refractivity contribution in [2.75, 3.05) is 13.2 Å². The second-order valence-corrected chi connectivity index (χ2v) is 7.26. The van der Waals surface area contributed by atoms with Gasteiger partial charge in [0.2, 0.25) is 5.78 Å². The number of fused-ring (bicyclic) bond motifs is 1. The van der Waals surface area contributed by atoms with Crippen molar-refractivity contribution >= 4 is 29.7 Å². The summed E-state index contributed by atoms with van der Waals surface area (Å²) in [5.74, 6) is -0.357. The van der Waals surface area contributed by atoms with E-state index in [1.54, 1.807) is 62.4 Å². The predicted octanol–water partition coefficient (Wildman–Crippen LogP) is 4.56. The molecule has 3 rings (SSSR count). The SMILES string of the molecule is CCOP(=O)(OCC)c1c(C(=O)c2ccccc2)oc2ccccc12. The van der Waals surface area contributed by atoms with Crippen LogP contribution in [0, 0.1) is 0 Å². The number of furan rings is 1. The van der Waals surface area contributed by atoms with Crippen molar-refractivity contribution < 1.29 is 22.8 Å². The number of hydrogen-bond acceptors (Lipinski definition) is 5. The third-order valence-electron chi connectivity index (χ3n) is 3.68. The van der Waals surface area contributed by atoms with Gasteiger partial charge in [-0.3, -0.25) is 9.36 Å². The molecule has 3 aromatic rings. The van der Waals surface area contributed by atoms with Crippen molar-refractivity contribution in [1.82, 2.24) is 0 Å². The van der Waals surface area contributed by atoms with E-state index < -0.39 is 7.60 Å². The van der Waals surface area contributed by atoms with E-state index in [1.165, 1.54) is 0 Å². The molecule has 0 amide bonds. The zero-order chi connectivity index (χ0) is 17.9. The van der Waals surface area contributed by atoms with Gasteiger partial charge in [0, 0.05) is 10.9 Å². The van der Waals surface area contributed by atoms with Gasteiger partial charge < -0.3 is 13.5 Å². The van der Waals surface area contributed by atoms with Crippen molar-refractivity contribution in [3.63, 3.8) is 0 Å². The summed E-state index contributed by atoms with van der Waals surface area (Å²) in [6, 6.07) is 15.8. The number of carbonyl (C=O) groups excluding carboxylic acids is 1. The van der Waals surface area contributed by atoms with E-state index >= 15 is 0 Å². The van der Waals surface area contributed by atoms with E-state index in [9.17, 15) is 9.36 Å². The summed E-state index contributed by atoms with van der Waals surface area (Å²) in [6.07, 6.45) is 0. The molecule has 0 atom stereocenters. The van der Waals surface area contributed by atoms with E-state index in [1.807, 2.05) is 6.07 Å². The Labute approximate surface area is 146 Å². The van der Waals surface area contributed by atoms with Crippen LogP contribution in [0.3, 0.4) is 0 Å². The Morgan fingerprint density at radius 2 is 1.56 bits per heavy atom. The molecule has 0 unspecified atom stereocenters. The van der Waals surface area contributed by atoms with Crippen LogP contribution in [0.1, 0.15) is 30.0 Å². The molecule has 0 saturated heterocycles. The van der Waals surface area contributed by atoms with Crippen LogP contribution in [0.25, 0.3) is 11.0 Å². The third kappa shape index (κ3) is 3.31. The molecule has 0 radical (unpaired) electrons. The Balaban J connectivity index is 2.25. The molecule has 0 aliphatic heterocycles. The molecule has 2 aromatic carbocycles. The van der Waals surface area contributed by atoms with Gasteiger partial charge in [0.15, 0.2) is 5.76 Å².